The minimum Gasteiger partial charge on any atom is -0.465 e. The first-order valence-electron chi connectivity index (χ1n) is 9.59. The molecule has 0 unspecified atom stereocenters. The lowest BCUT2D eigenvalue weighted by atomic mass is 10.00. The Labute approximate surface area is 176 Å². The van der Waals surface area contributed by atoms with Crippen LogP contribution < -0.4 is 14.9 Å². The molecule has 0 aliphatic carbocycles. The highest BCUT2D eigenvalue weighted by Crippen LogP contribution is 2.39. The fraction of sp³-hybridized carbons (Fsp3) is 0.333. The number of carboxylic acid groups (broad SMARTS) is 1. The van der Waals surface area contributed by atoms with Crippen LogP contribution in [-0.2, 0) is 14.8 Å². The Kier molecular flexibility index (Phi) is 5.87. The monoisotopic (exact) mass is 431 g/mol. The minimum absolute atomic E-state index is 0.00402. The summed E-state index contributed by atoms with van der Waals surface area (Å²) in [5, 5.41) is 14.8. The fourth-order valence-corrected chi connectivity index (χ4v) is 4.17. The number of amides is 2. The van der Waals surface area contributed by atoms with Crippen molar-refractivity contribution in [3.63, 3.8) is 0 Å². The van der Waals surface area contributed by atoms with Gasteiger partial charge in [-0.15, -0.1) is 0 Å². The Balaban J connectivity index is 2.07. The second kappa shape index (κ2) is 8.08. The number of carbonyl (C=O) groups excluding carboxylic acids is 1. The number of primary sulfonamides is 1. The minimum atomic E-state index is -3.80. The highest BCUT2D eigenvalue weighted by Gasteiger charge is 2.35. The number of hydrogen-bond acceptors (Lipinski definition) is 4. The first-order valence-corrected chi connectivity index (χ1v) is 11.1. The van der Waals surface area contributed by atoms with Gasteiger partial charge in [0.15, 0.2) is 0 Å². The van der Waals surface area contributed by atoms with Crippen molar-refractivity contribution < 1.29 is 23.1 Å². The molecule has 0 radical (unpaired) electrons. The van der Waals surface area contributed by atoms with Gasteiger partial charge in [-0.25, -0.2) is 18.4 Å². The Bertz CT molecular complexity index is 1080. The third-order valence-electron chi connectivity index (χ3n) is 5.01. The lowest BCUT2D eigenvalue weighted by Crippen LogP contribution is -2.51. The zero-order valence-corrected chi connectivity index (χ0v) is 17.9. The molecule has 0 saturated heterocycles. The van der Waals surface area contributed by atoms with E-state index < -0.39 is 16.1 Å². The Morgan fingerprint density at radius 1 is 1.10 bits per heavy atom. The van der Waals surface area contributed by atoms with Crippen LogP contribution in [0.15, 0.2) is 47.4 Å². The molecule has 1 aliphatic rings. The molecule has 0 saturated carbocycles. The van der Waals surface area contributed by atoms with Crippen molar-refractivity contribution in [2.45, 2.75) is 38.1 Å². The summed E-state index contributed by atoms with van der Waals surface area (Å²) in [5.74, 6) is 0.135. The fourth-order valence-electron chi connectivity index (χ4n) is 3.65. The van der Waals surface area contributed by atoms with E-state index in [1.807, 2.05) is 20.8 Å². The first-order chi connectivity index (χ1) is 14.0. The van der Waals surface area contributed by atoms with Crippen LogP contribution in [0.5, 0.6) is 0 Å². The van der Waals surface area contributed by atoms with E-state index in [9.17, 15) is 23.1 Å². The predicted molar refractivity (Wildman–Crippen MR) is 115 cm³/mol. The van der Waals surface area contributed by atoms with Crippen molar-refractivity contribution in [3.05, 3.63) is 42.5 Å². The van der Waals surface area contributed by atoms with Gasteiger partial charge in [-0.05, 0) is 48.2 Å². The zero-order valence-electron chi connectivity index (χ0n) is 17.1. The van der Waals surface area contributed by atoms with Gasteiger partial charge in [0.1, 0.15) is 0 Å². The average molecular weight is 432 g/mol. The number of hydrogen-bond donors (Lipinski definition) is 2. The smallest absolute Gasteiger partial charge is 0.411 e. The van der Waals surface area contributed by atoms with Crippen LogP contribution in [-0.4, -0.2) is 38.1 Å². The van der Waals surface area contributed by atoms with Crippen LogP contribution >= 0.6 is 0 Å². The standard InChI is InChI=1S/C21H25N3O5S/c1-13(2)10-20(25)24-14(3)12-23(21(26)27)19-11-16(6-9-18(19)24)15-4-7-17(8-5-15)30(22,28)29/h4-9,11,13-14H,10,12H2,1-3H3,(H,26,27)(H2,22,28,29)/t14-/m0/s1. The summed E-state index contributed by atoms with van der Waals surface area (Å²) in [6.45, 7) is 5.92. The molecule has 0 spiro atoms. The Hall–Kier alpha value is -2.91. The van der Waals surface area contributed by atoms with E-state index >= 15 is 0 Å². The number of rotatable bonds is 4. The van der Waals surface area contributed by atoms with Crippen LogP contribution in [0, 0.1) is 5.92 Å². The molecule has 0 fully saturated rings. The normalized spacial score (nSPS) is 16.5. The molecule has 8 nitrogen and oxygen atoms in total. The number of carbonyl (C=O) groups is 2. The molecule has 9 heteroatoms. The molecule has 0 aromatic heterocycles. The van der Waals surface area contributed by atoms with E-state index in [0.29, 0.717) is 28.9 Å². The SMILES string of the molecule is CC(C)CC(=O)N1c2ccc(-c3ccc(S(N)(=O)=O)cc3)cc2N(C(=O)O)C[C@@H]1C. The zero-order chi connectivity index (χ0) is 22.2. The molecule has 3 N–H and O–H groups in total. The molecule has 160 valence electrons. The van der Waals surface area contributed by atoms with Gasteiger partial charge in [0.2, 0.25) is 15.9 Å². The number of anilines is 2. The quantitative estimate of drug-likeness (QED) is 0.770. The largest absolute Gasteiger partial charge is 0.465 e. The summed E-state index contributed by atoms with van der Waals surface area (Å²) >= 11 is 0. The number of fused-ring (bicyclic) bond motifs is 1. The van der Waals surface area contributed by atoms with Crippen molar-refractivity contribution >= 4 is 33.4 Å². The van der Waals surface area contributed by atoms with Gasteiger partial charge in [-0.2, -0.15) is 0 Å². The molecule has 2 aromatic carbocycles. The van der Waals surface area contributed by atoms with Crippen molar-refractivity contribution in [2.24, 2.45) is 11.1 Å². The lowest BCUT2D eigenvalue weighted by molar-refractivity contribution is -0.119. The molecular formula is C21H25N3O5S. The molecule has 1 heterocycles. The van der Waals surface area contributed by atoms with Gasteiger partial charge in [0, 0.05) is 13.0 Å². The summed E-state index contributed by atoms with van der Waals surface area (Å²) < 4.78 is 22.9. The van der Waals surface area contributed by atoms with E-state index in [-0.39, 0.29) is 29.3 Å². The number of nitrogens with zero attached hydrogens (tertiary/aromatic N) is 2. The second-order valence-corrected chi connectivity index (χ2v) is 9.44. The summed E-state index contributed by atoms with van der Waals surface area (Å²) in [5.41, 5.74) is 2.37. The van der Waals surface area contributed by atoms with Gasteiger partial charge in [-0.3, -0.25) is 9.69 Å². The topological polar surface area (TPSA) is 121 Å². The highest BCUT2D eigenvalue weighted by molar-refractivity contribution is 7.89. The maximum atomic E-state index is 12.8. The third kappa shape index (κ3) is 4.31. The lowest BCUT2D eigenvalue weighted by Gasteiger charge is -2.40. The Morgan fingerprint density at radius 2 is 1.70 bits per heavy atom. The number of nitrogens with two attached hydrogens (primary N) is 1. The number of sulfonamides is 1. The predicted octanol–water partition coefficient (Wildman–Crippen LogP) is 3.27. The summed E-state index contributed by atoms with van der Waals surface area (Å²) in [6.07, 6.45) is -0.728. The van der Waals surface area contributed by atoms with Crippen LogP contribution in [0.3, 0.4) is 0 Å². The van der Waals surface area contributed by atoms with E-state index in [1.165, 1.54) is 17.0 Å². The van der Waals surface area contributed by atoms with Crippen molar-refractivity contribution in [2.75, 3.05) is 16.3 Å². The number of benzene rings is 2. The van der Waals surface area contributed by atoms with E-state index in [4.69, 9.17) is 5.14 Å². The van der Waals surface area contributed by atoms with E-state index in [1.54, 1.807) is 35.2 Å². The van der Waals surface area contributed by atoms with Gasteiger partial charge < -0.3 is 10.0 Å². The van der Waals surface area contributed by atoms with Gasteiger partial charge in [0.25, 0.3) is 0 Å². The van der Waals surface area contributed by atoms with Crippen molar-refractivity contribution in [1.29, 1.82) is 0 Å². The van der Waals surface area contributed by atoms with Gasteiger partial charge in [0.05, 0.1) is 22.3 Å². The highest BCUT2D eigenvalue weighted by atomic mass is 32.2. The molecule has 1 aliphatic heterocycles. The van der Waals surface area contributed by atoms with Gasteiger partial charge >= 0.3 is 6.09 Å². The van der Waals surface area contributed by atoms with Crippen LogP contribution in [0.4, 0.5) is 16.2 Å². The molecule has 1 atom stereocenters. The molecule has 2 amide bonds. The molecule has 0 bridgehead atoms. The summed E-state index contributed by atoms with van der Waals surface area (Å²) in [6, 6.07) is 11.0. The summed E-state index contributed by atoms with van der Waals surface area (Å²) in [7, 11) is -3.80. The van der Waals surface area contributed by atoms with Crippen LogP contribution in [0.25, 0.3) is 11.1 Å². The second-order valence-electron chi connectivity index (χ2n) is 7.88. The molecule has 3 rings (SSSR count). The molecule has 2 aromatic rings. The maximum Gasteiger partial charge on any atom is 0.411 e. The van der Waals surface area contributed by atoms with Crippen LogP contribution in [0.2, 0.25) is 0 Å². The van der Waals surface area contributed by atoms with Crippen molar-refractivity contribution in [1.82, 2.24) is 0 Å². The summed E-state index contributed by atoms with van der Waals surface area (Å²) in [4.78, 5) is 27.6. The van der Waals surface area contributed by atoms with Gasteiger partial charge in [-0.1, -0.05) is 32.0 Å². The first kappa shape index (κ1) is 21.8. The van der Waals surface area contributed by atoms with Crippen LogP contribution in [0.1, 0.15) is 27.2 Å². The molecule has 30 heavy (non-hydrogen) atoms. The average Bonchev–Trinajstić information content (AvgIpc) is 2.65. The third-order valence-corrected chi connectivity index (χ3v) is 5.94. The Morgan fingerprint density at radius 3 is 2.23 bits per heavy atom. The maximum absolute atomic E-state index is 12.8. The van der Waals surface area contributed by atoms with E-state index in [0.717, 1.165) is 0 Å². The van der Waals surface area contributed by atoms with Crippen molar-refractivity contribution in [3.8, 4) is 11.1 Å². The van der Waals surface area contributed by atoms with E-state index in [2.05, 4.69) is 0 Å². The molecular weight excluding hydrogens is 406 g/mol.